The Morgan fingerprint density at radius 1 is 1.07 bits per heavy atom. The first-order valence-corrected chi connectivity index (χ1v) is 4.61. The third-order valence-corrected chi connectivity index (χ3v) is 2.02. The van der Waals surface area contributed by atoms with Crippen LogP contribution in [0.15, 0.2) is 18.2 Å². The SMILES string of the molecule is Cc1cccc(C)c1[NH+]=C(N)[NH+]=C(N)N. The lowest BCUT2D eigenvalue weighted by molar-refractivity contribution is -0.459. The molecule has 0 radical (unpaired) electrons. The molecule has 0 spiro atoms. The highest BCUT2D eigenvalue weighted by Gasteiger charge is 2.09. The van der Waals surface area contributed by atoms with Gasteiger partial charge in [0.15, 0.2) is 5.69 Å². The molecule has 1 aromatic rings. The summed E-state index contributed by atoms with van der Waals surface area (Å²) >= 11 is 0. The Balaban J connectivity index is 3.13. The van der Waals surface area contributed by atoms with E-state index < -0.39 is 0 Å². The van der Waals surface area contributed by atoms with E-state index >= 15 is 0 Å². The minimum absolute atomic E-state index is 0.0613. The number of hydrogen-bond donors (Lipinski definition) is 5. The molecule has 0 aromatic heterocycles. The first-order chi connectivity index (χ1) is 7.00. The fourth-order valence-corrected chi connectivity index (χ4v) is 1.33. The number of nitrogens with two attached hydrogens (primary N) is 3. The summed E-state index contributed by atoms with van der Waals surface area (Å²) < 4.78 is 0. The normalized spacial score (nSPS) is 11.2. The average molecular weight is 207 g/mol. The second-order valence-electron chi connectivity index (χ2n) is 3.39. The van der Waals surface area contributed by atoms with Crippen LogP contribution in [0.1, 0.15) is 11.1 Å². The topological polar surface area (TPSA) is 106 Å². The van der Waals surface area contributed by atoms with E-state index in [0.29, 0.717) is 5.96 Å². The molecule has 0 saturated heterocycles. The number of rotatable bonds is 1. The number of guanidine groups is 2. The summed E-state index contributed by atoms with van der Waals surface area (Å²) in [7, 11) is 0. The summed E-state index contributed by atoms with van der Waals surface area (Å²) in [5.41, 5.74) is 19.4. The fourth-order valence-electron chi connectivity index (χ4n) is 1.33. The van der Waals surface area contributed by atoms with Gasteiger partial charge in [-0.2, -0.15) is 4.99 Å². The maximum Gasteiger partial charge on any atom is 0.522 e. The molecule has 0 bridgehead atoms. The van der Waals surface area contributed by atoms with E-state index in [-0.39, 0.29) is 5.96 Å². The van der Waals surface area contributed by atoms with Crippen LogP contribution < -0.4 is 27.2 Å². The summed E-state index contributed by atoms with van der Waals surface area (Å²) in [6.45, 7) is 4.00. The zero-order chi connectivity index (χ0) is 11.4. The zero-order valence-corrected chi connectivity index (χ0v) is 8.96. The third-order valence-electron chi connectivity index (χ3n) is 2.02. The van der Waals surface area contributed by atoms with Crippen molar-refractivity contribution in [2.75, 3.05) is 0 Å². The van der Waals surface area contributed by atoms with Crippen molar-refractivity contribution in [1.29, 1.82) is 0 Å². The van der Waals surface area contributed by atoms with Gasteiger partial charge < -0.3 is 11.5 Å². The van der Waals surface area contributed by atoms with Crippen LogP contribution in [0.3, 0.4) is 0 Å². The number of aryl methyl sites for hydroxylation is 2. The average Bonchev–Trinajstić information content (AvgIpc) is 2.10. The van der Waals surface area contributed by atoms with Crippen molar-refractivity contribution in [3.63, 3.8) is 0 Å². The first-order valence-electron chi connectivity index (χ1n) is 4.61. The lowest BCUT2D eigenvalue weighted by atomic mass is 10.1. The Bertz CT molecular complexity index is 396. The maximum absolute atomic E-state index is 5.66. The van der Waals surface area contributed by atoms with Crippen molar-refractivity contribution in [1.82, 2.24) is 0 Å². The van der Waals surface area contributed by atoms with Crippen molar-refractivity contribution in [3.8, 4) is 0 Å². The quantitative estimate of drug-likeness (QED) is 0.246. The van der Waals surface area contributed by atoms with Crippen molar-refractivity contribution in [3.05, 3.63) is 29.3 Å². The van der Waals surface area contributed by atoms with Gasteiger partial charge in [0, 0.05) is 11.1 Å². The molecule has 0 aliphatic carbocycles. The van der Waals surface area contributed by atoms with Crippen LogP contribution in [0.5, 0.6) is 0 Å². The highest BCUT2D eigenvalue weighted by atomic mass is 15.1. The van der Waals surface area contributed by atoms with E-state index in [1.54, 1.807) is 0 Å². The molecule has 0 saturated carbocycles. The second-order valence-corrected chi connectivity index (χ2v) is 3.39. The molecule has 0 amide bonds. The van der Waals surface area contributed by atoms with Gasteiger partial charge in [-0.05, 0) is 13.8 Å². The summed E-state index contributed by atoms with van der Waals surface area (Å²) in [5, 5.41) is 0. The van der Waals surface area contributed by atoms with Gasteiger partial charge in [0.25, 0.3) is 5.96 Å². The highest BCUT2D eigenvalue weighted by Crippen LogP contribution is 2.12. The molecule has 1 rings (SSSR count). The van der Waals surface area contributed by atoms with Crippen LogP contribution in [0, 0.1) is 13.8 Å². The van der Waals surface area contributed by atoms with Gasteiger partial charge in [-0.25, -0.2) is 5.73 Å². The van der Waals surface area contributed by atoms with E-state index in [4.69, 9.17) is 17.2 Å². The molecule has 8 N–H and O–H groups in total. The van der Waals surface area contributed by atoms with Crippen LogP contribution >= 0.6 is 0 Å². The standard InChI is InChI=1S/C10H15N5/c1-6-4-3-5-7(2)8(6)14-10(13)15-9(11)12/h3-5H,1-2H3,(H6,11,12,13,14,15)/p+2. The Hall–Kier alpha value is -2.04. The molecule has 5 heteroatoms. The van der Waals surface area contributed by atoms with E-state index in [9.17, 15) is 0 Å². The molecule has 0 fully saturated rings. The summed E-state index contributed by atoms with van der Waals surface area (Å²) in [4.78, 5) is 5.61. The largest absolute Gasteiger partial charge is 0.522 e. The molecule has 15 heavy (non-hydrogen) atoms. The van der Waals surface area contributed by atoms with Crippen molar-refractivity contribution in [2.24, 2.45) is 17.2 Å². The van der Waals surface area contributed by atoms with E-state index in [1.165, 1.54) is 0 Å². The van der Waals surface area contributed by atoms with E-state index in [0.717, 1.165) is 16.8 Å². The van der Waals surface area contributed by atoms with Gasteiger partial charge >= 0.3 is 5.96 Å². The van der Waals surface area contributed by atoms with Gasteiger partial charge in [-0.1, -0.05) is 18.2 Å². The third kappa shape index (κ3) is 2.98. The van der Waals surface area contributed by atoms with Crippen molar-refractivity contribution < 1.29 is 9.98 Å². The molecule has 0 aliphatic rings. The van der Waals surface area contributed by atoms with Crippen LogP contribution in [-0.4, -0.2) is 11.9 Å². The fraction of sp³-hybridized carbons (Fsp3) is 0.200. The predicted molar refractivity (Wildman–Crippen MR) is 60.1 cm³/mol. The minimum atomic E-state index is 0.0613. The smallest absolute Gasteiger partial charge is 0.345 e. The molecule has 0 unspecified atom stereocenters. The van der Waals surface area contributed by atoms with Gasteiger partial charge in [-0.15, -0.1) is 4.99 Å². The Morgan fingerprint density at radius 2 is 1.60 bits per heavy atom. The Morgan fingerprint density at radius 3 is 2.07 bits per heavy atom. The van der Waals surface area contributed by atoms with Crippen LogP contribution in [0.25, 0.3) is 0 Å². The summed E-state index contributed by atoms with van der Waals surface area (Å²) in [6, 6.07) is 5.99. The number of para-hydroxylation sites is 1. The number of benzene rings is 1. The van der Waals surface area contributed by atoms with Crippen molar-refractivity contribution >= 4 is 17.6 Å². The highest BCUT2D eigenvalue weighted by molar-refractivity contribution is 5.76. The van der Waals surface area contributed by atoms with Gasteiger partial charge in [-0.3, -0.25) is 0 Å². The van der Waals surface area contributed by atoms with Gasteiger partial charge in [0.2, 0.25) is 0 Å². The molecular weight excluding hydrogens is 190 g/mol. The van der Waals surface area contributed by atoms with E-state index in [1.807, 2.05) is 32.0 Å². The Labute approximate surface area is 88.7 Å². The summed E-state index contributed by atoms with van der Waals surface area (Å²) in [6.07, 6.45) is 0. The number of nitrogens with one attached hydrogen (secondary N) is 2. The van der Waals surface area contributed by atoms with Crippen LogP contribution in [-0.2, 0) is 0 Å². The van der Waals surface area contributed by atoms with Gasteiger partial charge in [0.05, 0.1) is 0 Å². The van der Waals surface area contributed by atoms with Crippen LogP contribution in [0.2, 0.25) is 0 Å². The molecule has 80 valence electrons. The minimum Gasteiger partial charge on any atom is -0.345 e. The monoisotopic (exact) mass is 207 g/mol. The first kappa shape index (κ1) is 11.0. The molecule has 5 nitrogen and oxygen atoms in total. The molecule has 1 aromatic carbocycles. The number of hydrogen-bond acceptors (Lipinski definition) is 0. The molecule has 0 atom stereocenters. The molecular formula is C10H17N5+2. The lowest BCUT2D eigenvalue weighted by Gasteiger charge is -1.98. The van der Waals surface area contributed by atoms with Crippen molar-refractivity contribution in [2.45, 2.75) is 13.8 Å². The maximum atomic E-state index is 5.66. The molecule has 0 heterocycles. The second kappa shape index (κ2) is 4.45. The molecule has 0 aliphatic heterocycles. The Kier molecular flexibility index (Phi) is 3.28. The predicted octanol–water partition coefficient (Wildman–Crippen LogP) is -3.32. The van der Waals surface area contributed by atoms with Crippen LogP contribution in [0.4, 0.5) is 5.69 Å². The van der Waals surface area contributed by atoms with E-state index in [2.05, 4.69) is 9.98 Å². The van der Waals surface area contributed by atoms with Gasteiger partial charge in [0.1, 0.15) is 0 Å². The summed E-state index contributed by atoms with van der Waals surface area (Å²) in [5.74, 6) is 0.374. The zero-order valence-electron chi connectivity index (χ0n) is 8.96. The lowest BCUT2D eigenvalue weighted by Crippen LogP contribution is -2.96.